The molecule has 0 radical (unpaired) electrons. The van der Waals surface area contributed by atoms with Gasteiger partial charge in [0.05, 0.1) is 18.7 Å². The van der Waals surface area contributed by atoms with E-state index in [1.807, 2.05) is 31.2 Å². The summed E-state index contributed by atoms with van der Waals surface area (Å²) in [6, 6.07) is 14.1. The van der Waals surface area contributed by atoms with E-state index in [4.69, 9.17) is 4.74 Å². The number of amides is 2. The maximum atomic E-state index is 14.3. The molecule has 204 valence electrons. The van der Waals surface area contributed by atoms with Gasteiger partial charge < -0.3 is 20.3 Å². The number of hydrogen-bond donors (Lipinski definition) is 2. The number of methoxy groups -OCH3 is 1. The van der Waals surface area contributed by atoms with Crippen molar-refractivity contribution in [1.82, 2.24) is 15.6 Å². The lowest BCUT2D eigenvalue weighted by Crippen LogP contribution is -2.50. The molecule has 39 heavy (non-hydrogen) atoms. The summed E-state index contributed by atoms with van der Waals surface area (Å²) in [5.41, 5.74) is 2.31. The number of benzene rings is 2. The summed E-state index contributed by atoms with van der Waals surface area (Å²) >= 11 is 3.25. The molecule has 2 unspecified atom stereocenters. The first-order valence-corrected chi connectivity index (χ1v) is 14.0. The van der Waals surface area contributed by atoms with E-state index >= 15 is 0 Å². The molecule has 3 aromatic rings. The Hall–Kier alpha value is -3.46. The fourth-order valence-electron chi connectivity index (χ4n) is 5.90. The van der Waals surface area contributed by atoms with Crippen molar-refractivity contribution in [2.75, 3.05) is 12.0 Å². The van der Waals surface area contributed by atoms with Crippen LogP contribution in [0.5, 0.6) is 5.75 Å². The number of ether oxygens (including phenoxy) is 1. The molecule has 2 amide bonds. The maximum absolute atomic E-state index is 14.3. The van der Waals surface area contributed by atoms with Gasteiger partial charge in [0.25, 0.3) is 11.8 Å². The van der Waals surface area contributed by atoms with Gasteiger partial charge in [-0.15, -0.1) is 0 Å². The zero-order valence-electron chi connectivity index (χ0n) is 22.2. The van der Waals surface area contributed by atoms with E-state index in [1.165, 1.54) is 6.07 Å². The Balaban J connectivity index is 1.21. The molecule has 2 N–H and O–H groups in total. The molecule has 3 heterocycles. The molecule has 2 bridgehead atoms. The largest absolute Gasteiger partial charge is 0.496 e. The predicted molar refractivity (Wildman–Crippen MR) is 152 cm³/mol. The van der Waals surface area contributed by atoms with Crippen LogP contribution in [-0.2, 0) is 0 Å². The molecule has 2 aliphatic heterocycles. The van der Waals surface area contributed by atoms with Crippen LogP contribution in [0.1, 0.15) is 70.5 Å². The Morgan fingerprint density at radius 2 is 1.85 bits per heavy atom. The summed E-state index contributed by atoms with van der Waals surface area (Å²) in [5, 5.41) is 6.09. The standard InChI is InChI=1S/C30H32BrFN4O3/c1-17-24(5-4-6-27(17)39-3)30(38)35-21-14-22-9-10-23(15-21)36(22)28-12-7-19(16-33-28)29(37)34-18(2)25-11-8-20(31)13-26(25)32/h4-8,11-13,16,18,21-23H,9-10,14-15H2,1-3H3,(H,34,37)(H,35,38)/t18?,21?,22-,23+. The van der Waals surface area contributed by atoms with Crippen molar-refractivity contribution in [3.8, 4) is 5.75 Å². The molecule has 2 aliphatic rings. The number of nitrogens with one attached hydrogen (secondary N) is 2. The third kappa shape index (κ3) is 5.64. The first kappa shape index (κ1) is 27.1. The van der Waals surface area contributed by atoms with Crippen molar-refractivity contribution >= 4 is 33.6 Å². The van der Waals surface area contributed by atoms with Gasteiger partial charge in [-0.2, -0.15) is 0 Å². The normalized spacial score (nSPS) is 20.8. The zero-order chi connectivity index (χ0) is 27.7. The molecular formula is C30H32BrFN4O3. The van der Waals surface area contributed by atoms with Crippen LogP contribution in [0.2, 0.25) is 0 Å². The quantitative estimate of drug-likeness (QED) is 0.365. The van der Waals surface area contributed by atoms with Gasteiger partial charge in [-0.1, -0.05) is 28.1 Å². The third-order valence-electron chi connectivity index (χ3n) is 7.87. The van der Waals surface area contributed by atoms with Crippen LogP contribution in [0.3, 0.4) is 0 Å². The number of halogens is 2. The first-order chi connectivity index (χ1) is 18.7. The number of nitrogens with zero attached hydrogens (tertiary/aromatic N) is 2. The molecule has 2 aromatic carbocycles. The Kier molecular flexibility index (Phi) is 7.88. The van der Waals surface area contributed by atoms with E-state index in [-0.39, 0.29) is 35.8 Å². The lowest BCUT2D eigenvalue weighted by molar-refractivity contribution is 0.0922. The van der Waals surface area contributed by atoms with Crippen LogP contribution in [-0.4, -0.2) is 42.0 Å². The average Bonchev–Trinajstić information content (AvgIpc) is 3.18. The van der Waals surface area contributed by atoms with Crippen LogP contribution >= 0.6 is 15.9 Å². The SMILES string of the molecule is COc1cccc(C(=O)NC2C[C@H]3CC[C@@H](C2)N3c2ccc(C(=O)NC(C)c3ccc(Br)cc3F)cn2)c1C. The van der Waals surface area contributed by atoms with Crippen LogP contribution in [0.4, 0.5) is 10.2 Å². The van der Waals surface area contributed by atoms with Crippen LogP contribution in [0.15, 0.2) is 59.2 Å². The second kappa shape index (κ2) is 11.3. The number of hydrogen-bond acceptors (Lipinski definition) is 5. The fourth-order valence-corrected chi connectivity index (χ4v) is 6.23. The highest BCUT2D eigenvalue weighted by atomic mass is 79.9. The second-order valence-electron chi connectivity index (χ2n) is 10.3. The van der Waals surface area contributed by atoms with E-state index < -0.39 is 6.04 Å². The summed E-state index contributed by atoms with van der Waals surface area (Å²) in [6.07, 6.45) is 5.33. The van der Waals surface area contributed by atoms with E-state index in [9.17, 15) is 14.0 Å². The fraction of sp³-hybridized carbons (Fsp3) is 0.367. The van der Waals surface area contributed by atoms with Gasteiger partial charge >= 0.3 is 0 Å². The van der Waals surface area contributed by atoms with Gasteiger partial charge in [-0.05, 0) is 75.9 Å². The van der Waals surface area contributed by atoms with Gasteiger partial charge in [0, 0.05) is 45.5 Å². The number of aromatic nitrogens is 1. The lowest BCUT2D eigenvalue weighted by Gasteiger charge is -2.40. The molecule has 9 heteroatoms. The Morgan fingerprint density at radius 1 is 1.10 bits per heavy atom. The topological polar surface area (TPSA) is 83.6 Å². The van der Waals surface area contributed by atoms with Crippen molar-refractivity contribution in [3.63, 3.8) is 0 Å². The molecule has 5 rings (SSSR count). The van der Waals surface area contributed by atoms with E-state index in [0.29, 0.717) is 26.9 Å². The number of rotatable bonds is 7. The summed E-state index contributed by atoms with van der Waals surface area (Å²) < 4.78 is 20.3. The van der Waals surface area contributed by atoms with Crippen molar-refractivity contribution in [1.29, 1.82) is 0 Å². The second-order valence-corrected chi connectivity index (χ2v) is 11.2. The van der Waals surface area contributed by atoms with Crippen molar-refractivity contribution in [2.24, 2.45) is 0 Å². The number of fused-ring (bicyclic) bond motifs is 2. The van der Waals surface area contributed by atoms with E-state index in [0.717, 1.165) is 37.1 Å². The molecule has 4 atom stereocenters. The van der Waals surface area contributed by atoms with E-state index in [2.05, 4.69) is 36.4 Å². The van der Waals surface area contributed by atoms with Crippen LogP contribution in [0, 0.1) is 12.7 Å². The maximum Gasteiger partial charge on any atom is 0.253 e. The number of carbonyl (C=O) groups excluding carboxylic acids is 2. The smallest absolute Gasteiger partial charge is 0.253 e. The molecule has 0 spiro atoms. The number of anilines is 1. The molecule has 2 saturated heterocycles. The zero-order valence-corrected chi connectivity index (χ0v) is 23.8. The van der Waals surface area contributed by atoms with Crippen LogP contribution < -0.4 is 20.3 Å². The van der Waals surface area contributed by atoms with Gasteiger partial charge in [0.15, 0.2) is 0 Å². The molecule has 0 saturated carbocycles. The number of piperidine rings is 1. The van der Waals surface area contributed by atoms with Gasteiger partial charge in [-0.25, -0.2) is 9.37 Å². The minimum absolute atomic E-state index is 0.0741. The number of carbonyl (C=O) groups is 2. The summed E-state index contributed by atoms with van der Waals surface area (Å²) in [7, 11) is 1.61. The van der Waals surface area contributed by atoms with Gasteiger partial charge in [-0.3, -0.25) is 9.59 Å². The van der Waals surface area contributed by atoms with Crippen molar-refractivity contribution in [2.45, 2.75) is 63.7 Å². The molecule has 0 aliphatic carbocycles. The Bertz CT molecular complexity index is 1370. The minimum Gasteiger partial charge on any atom is -0.496 e. The molecule has 1 aromatic heterocycles. The monoisotopic (exact) mass is 594 g/mol. The molecule has 7 nitrogen and oxygen atoms in total. The Morgan fingerprint density at radius 3 is 2.49 bits per heavy atom. The highest BCUT2D eigenvalue weighted by Gasteiger charge is 2.42. The summed E-state index contributed by atoms with van der Waals surface area (Å²) in [6.45, 7) is 3.65. The average molecular weight is 596 g/mol. The predicted octanol–water partition coefficient (Wildman–Crippen LogP) is 5.72. The number of pyridine rings is 1. The summed E-state index contributed by atoms with van der Waals surface area (Å²) in [4.78, 5) is 32.8. The van der Waals surface area contributed by atoms with Gasteiger partial charge in [0.2, 0.25) is 0 Å². The van der Waals surface area contributed by atoms with Crippen molar-refractivity contribution < 1.29 is 18.7 Å². The van der Waals surface area contributed by atoms with Gasteiger partial charge in [0.1, 0.15) is 17.4 Å². The lowest BCUT2D eigenvalue weighted by atomic mass is 9.96. The molecule has 2 fully saturated rings. The van der Waals surface area contributed by atoms with E-state index in [1.54, 1.807) is 38.4 Å². The third-order valence-corrected chi connectivity index (χ3v) is 8.36. The Labute approximate surface area is 236 Å². The highest BCUT2D eigenvalue weighted by Crippen LogP contribution is 2.38. The molecular weight excluding hydrogens is 563 g/mol. The van der Waals surface area contributed by atoms with Crippen molar-refractivity contribution in [3.05, 3.63) is 87.3 Å². The summed E-state index contributed by atoms with van der Waals surface area (Å²) in [5.74, 6) is 0.783. The minimum atomic E-state index is -0.490. The van der Waals surface area contributed by atoms with Crippen LogP contribution in [0.25, 0.3) is 0 Å². The highest BCUT2D eigenvalue weighted by molar-refractivity contribution is 9.10. The first-order valence-electron chi connectivity index (χ1n) is 13.2.